The molecule has 0 unspecified atom stereocenters. The lowest BCUT2D eigenvalue weighted by Gasteiger charge is -2.09. The van der Waals surface area contributed by atoms with Crippen molar-refractivity contribution in [1.29, 1.82) is 0 Å². The Hall–Kier alpha value is -2.34. The minimum Gasteiger partial charge on any atom is -0.353 e. The number of imidazole rings is 1. The first-order chi connectivity index (χ1) is 12.2. The number of halogens is 1. The zero-order chi connectivity index (χ0) is 17.2. The number of benzene rings is 2. The fourth-order valence-electron chi connectivity index (χ4n) is 2.72. The summed E-state index contributed by atoms with van der Waals surface area (Å²) in [5, 5.41) is 3.80. The molecule has 0 aliphatic heterocycles. The second-order valence-electron chi connectivity index (χ2n) is 6.23. The summed E-state index contributed by atoms with van der Waals surface area (Å²) in [5.74, 6) is 0.155. The number of nitrogens with one attached hydrogen (secondary N) is 1. The third kappa shape index (κ3) is 3.85. The molecule has 128 valence electrons. The van der Waals surface area contributed by atoms with Crippen LogP contribution < -0.4 is 5.32 Å². The summed E-state index contributed by atoms with van der Waals surface area (Å²) < 4.78 is 15.2. The zero-order valence-electron chi connectivity index (χ0n) is 13.6. The molecule has 25 heavy (non-hydrogen) atoms. The number of amides is 1. The number of hydrogen-bond donors (Lipinski definition) is 1. The van der Waals surface area contributed by atoms with Gasteiger partial charge in [0.1, 0.15) is 5.82 Å². The molecule has 0 radical (unpaired) electrons. The molecule has 3 aromatic rings. The molecule has 4 nitrogen and oxygen atoms in total. The van der Waals surface area contributed by atoms with Crippen molar-refractivity contribution < 1.29 is 9.18 Å². The van der Waals surface area contributed by atoms with Crippen LogP contribution in [-0.2, 0) is 11.3 Å². The molecule has 1 aliphatic rings. The Kier molecular flexibility index (Phi) is 4.44. The maximum Gasteiger partial charge on any atom is 0.230 e. The third-order valence-corrected chi connectivity index (χ3v) is 5.12. The number of aromatic nitrogens is 2. The molecule has 1 aliphatic carbocycles. The van der Waals surface area contributed by atoms with E-state index in [0.717, 1.165) is 34.6 Å². The van der Waals surface area contributed by atoms with Gasteiger partial charge < -0.3 is 9.88 Å². The number of carbonyl (C=O) groups excluding carboxylic acids is 1. The average Bonchev–Trinajstić information content (AvgIpc) is 3.36. The maximum absolute atomic E-state index is 13.1. The van der Waals surface area contributed by atoms with Gasteiger partial charge in [0, 0.05) is 6.04 Å². The van der Waals surface area contributed by atoms with E-state index in [2.05, 4.69) is 14.9 Å². The van der Waals surface area contributed by atoms with Gasteiger partial charge in [0.2, 0.25) is 5.91 Å². The van der Waals surface area contributed by atoms with Crippen molar-refractivity contribution in [2.24, 2.45) is 0 Å². The largest absolute Gasteiger partial charge is 0.353 e. The van der Waals surface area contributed by atoms with E-state index in [1.165, 1.54) is 23.9 Å². The van der Waals surface area contributed by atoms with Crippen molar-refractivity contribution in [2.45, 2.75) is 30.6 Å². The highest BCUT2D eigenvalue weighted by molar-refractivity contribution is 7.99. The summed E-state index contributed by atoms with van der Waals surface area (Å²) in [6.45, 7) is 0.591. The molecule has 0 spiro atoms. The van der Waals surface area contributed by atoms with Gasteiger partial charge in [-0.2, -0.15) is 0 Å². The van der Waals surface area contributed by atoms with Crippen LogP contribution in [-0.4, -0.2) is 27.3 Å². The summed E-state index contributed by atoms with van der Waals surface area (Å²) in [5.41, 5.74) is 2.90. The molecule has 1 aromatic heterocycles. The van der Waals surface area contributed by atoms with E-state index in [-0.39, 0.29) is 11.7 Å². The lowest BCUT2D eigenvalue weighted by atomic mass is 10.2. The monoisotopic (exact) mass is 355 g/mol. The molecule has 1 amide bonds. The SMILES string of the molecule is O=C(CSc1nc2ccccc2n1Cc1ccc(F)cc1)NC1CC1. The number of rotatable bonds is 6. The second kappa shape index (κ2) is 6.88. The predicted molar refractivity (Wildman–Crippen MR) is 97.1 cm³/mol. The highest BCUT2D eigenvalue weighted by atomic mass is 32.2. The van der Waals surface area contributed by atoms with Crippen molar-refractivity contribution >= 4 is 28.7 Å². The van der Waals surface area contributed by atoms with E-state index in [4.69, 9.17) is 0 Å². The molecule has 6 heteroatoms. The van der Waals surface area contributed by atoms with Crippen LogP contribution in [0.15, 0.2) is 53.7 Å². The van der Waals surface area contributed by atoms with Crippen molar-refractivity contribution in [3.05, 3.63) is 59.9 Å². The Balaban J connectivity index is 1.58. The van der Waals surface area contributed by atoms with E-state index in [1.807, 2.05) is 24.3 Å². The standard InChI is InChI=1S/C19H18FN3OS/c20-14-7-5-13(6-8-14)11-23-17-4-2-1-3-16(17)22-19(23)25-12-18(24)21-15-9-10-15/h1-8,15H,9-12H2,(H,21,24). The fourth-order valence-corrected chi connectivity index (χ4v) is 3.54. The summed E-state index contributed by atoms with van der Waals surface area (Å²) in [6, 6.07) is 14.7. The zero-order valence-corrected chi connectivity index (χ0v) is 14.4. The van der Waals surface area contributed by atoms with Gasteiger partial charge >= 0.3 is 0 Å². The number of fused-ring (bicyclic) bond motifs is 1. The lowest BCUT2D eigenvalue weighted by molar-refractivity contribution is -0.118. The van der Waals surface area contributed by atoms with Crippen LogP contribution in [0.25, 0.3) is 11.0 Å². The quantitative estimate of drug-likeness (QED) is 0.688. The lowest BCUT2D eigenvalue weighted by Crippen LogP contribution is -2.27. The minimum absolute atomic E-state index is 0.0490. The second-order valence-corrected chi connectivity index (χ2v) is 7.17. The van der Waals surface area contributed by atoms with Crippen molar-refractivity contribution in [2.75, 3.05) is 5.75 Å². The van der Waals surface area contributed by atoms with Crippen LogP contribution in [0, 0.1) is 5.82 Å². The minimum atomic E-state index is -0.245. The smallest absolute Gasteiger partial charge is 0.230 e. The van der Waals surface area contributed by atoms with E-state index >= 15 is 0 Å². The summed E-state index contributed by atoms with van der Waals surface area (Å²) in [7, 11) is 0. The van der Waals surface area contributed by atoms with E-state index < -0.39 is 0 Å². The van der Waals surface area contributed by atoms with E-state index in [9.17, 15) is 9.18 Å². The maximum atomic E-state index is 13.1. The molecule has 0 saturated heterocycles. The molecule has 1 fully saturated rings. The summed E-state index contributed by atoms with van der Waals surface area (Å²) in [4.78, 5) is 16.6. The van der Waals surface area contributed by atoms with Gasteiger partial charge in [-0.25, -0.2) is 9.37 Å². The first-order valence-corrected chi connectivity index (χ1v) is 9.29. The van der Waals surface area contributed by atoms with Gasteiger partial charge in [-0.15, -0.1) is 0 Å². The first-order valence-electron chi connectivity index (χ1n) is 8.31. The molecule has 1 heterocycles. The molecular weight excluding hydrogens is 337 g/mol. The van der Waals surface area contributed by atoms with Crippen molar-refractivity contribution in [3.8, 4) is 0 Å². The topological polar surface area (TPSA) is 46.9 Å². The van der Waals surface area contributed by atoms with Gasteiger partial charge in [-0.3, -0.25) is 4.79 Å². The summed E-state index contributed by atoms with van der Waals surface area (Å²) in [6.07, 6.45) is 2.17. The number of carbonyl (C=O) groups is 1. The predicted octanol–water partition coefficient (Wildman–Crippen LogP) is 3.59. The molecule has 2 aromatic carbocycles. The van der Waals surface area contributed by atoms with Gasteiger partial charge in [0.15, 0.2) is 5.16 Å². The Labute approximate surface area is 149 Å². The molecular formula is C19H18FN3OS. The van der Waals surface area contributed by atoms with Crippen LogP contribution >= 0.6 is 11.8 Å². The van der Waals surface area contributed by atoms with Gasteiger partial charge in [0.25, 0.3) is 0 Å². The number of para-hydroxylation sites is 2. The number of thioether (sulfide) groups is 1. The Morgan fingerprint density at radius 1 is 1.20 bits per heavy atom. The van der Waals surface area contributed by atoms with Crippen LogP contribution in [0.5, 0.6) is 0 Å². The fraction of sp³-hybridized carbons (Fsp3) is 0.263. The van der Waals surface area contributed by atoms with Crippen molar-refractivity contribution in [3.63, 3.8) is 0 Å². The highest BCUT2D eigenvalue weighted by Crippen LogP contribution is 2.26. The van der Waals surface area contributed by atoms with E-state index in [1.54, 1.807) is 12.1 Å². The van der Waals surface area contributed by atoms with Crippen molar-refractivity contribution in [1.82, 2.24) is 14.9 Å². The van der Waals surface area contributed by atoms with Gasteiger partial charge in [0.05, 0.1) is 23.3 Å². The number of hydrogen-bond acceptors (Lipinski definition) is 3. The van der Waals surface area contributed by atoms with Crippen LogP contribution in [0.2, 0.25) is 0 Å². The summed E-state index contributed by atoms with van der Waals surface area (Å²) >= 11 is 1.44. The molecule has 1 saturated carbocycles. The van der Waals surface area contributed by atoms with E-state index in [0.29, 0.717) is 18.3 Å². The van der Waals surface area contributed by atoms with Crippen LogP contribution in [0.4, 0.5) is 4.39 Å². The molecule has 0 atom stereocenters. The van der Waals surface area contributed by atoms with Crippen LogP contribution in [0.3, 0.4) is 0 Å². The molecule has 0 bridgehead atoms. The Morgan fingerprint density at radius 2 is 1.96 bits per heavy atom. The molecule has 4 rings (SSSR count). The average molecular weight is 355 g/mol. The Morgan fingerprint density at radius 3 is 2.72 bits per heavy atom. The normalized spacial score (nSPS) is 14.0. The first kappa shape index (κ1) is 16.1. The number of nitrogens with zero attached hydrogens (tertiary/aromatic N) is 2. The Bertz CT molecular complexity index is 903. The van der Waals surface area contributed by atoms with Gasteiger partial charge in [-0.05, 0) is 42.7 Å². The molecule has 1 N–H and O–H groups in total. The van der Waals surface area contributed by atoms with Gasteiger partial charge in [-0.1, -0.05) is 36.0 Å². The van der Waals surface area contributed by atoms with Crippen LogP contribution in [0.1, 0.15) is 18.4 Å². The third-order valence-electron chi connectivity index (χ3n) is 4.15. The highest BCUT2D eigenvalue weighted by Gasteiger charge is 2.23.